The van der Waals surface area contributed by atoms with E-state index < -0.39 is 0 Å². The normalized spacial score (nSPS) is 29.7. The van der Waals surface area contributed by atoms with Crippen LogP contribution in [0.15, 0.2) is 0 Å². The van der Waals surface area contributed by atoms with Crippen LogP contribution in [0.3, 0.4) is 0 Å². The van der Waals surface area contributed by atoms with E-state index in [1.807, 2.05) is 0 Å². The van der Waals surface area contributed by atoms with Gasteiger partial charge in [-0.2, -0.15) is 0 Å². The SMILES string of the molecule is CC(C)C1CCCN1C(C)I. The van der Waals surface area contributed by atoms with Crippen molar-refractivity contribution in [3.05, 3.63) is 0 Å². The highest BCUT2D eigenvalue weighted by Crippen LogP contribution is 2.27. The summed E-state index contributed by atoms with van der Waals surface area (Å²) in [4.78, 5) is 2.63. The number of hydrogen-bond acceptors (Lipinski definition) is 1. The first-order valence-electron chi connectivity index (χ1n) is 4.52. The van der Waals surface area contributed by atoms with Gasteiger partial charge in [0.05, 0.1) is 4.05 Å². The van der Waals surface area contributed by atoms with Crippen molar-refractivity contribution in [1.82, 2.24) is 4.90 Å². The Labute approximate surface area is 83.7 Å². The van der Waals surface area contributed by atoms with Crippen molar-refractivity contribution in [2.45, 2.75) is 43.7 Å². The Hall–Kier alpha value is 0.690. The molecule has 1 saturated heterocycles. The molecule has 2 atom stereocenters. The summed E-state index contributed by atoms with van der Waals surface area (Å²) in [6.45, 7) is 8.28. The summed E-state index contributed by atoms with van der Waals surface area (Å²) in [6, 6.07) is 0.849. The first-order valence-corrected chi connectivity index (χ1v) is 5.77. The maximum Gasteiger partial charge on any atom is 0.0592 e. The molecule has 66 valence electrons. The van der Waals surface area contributed by atoms with Gasteiger partial charge in [0.15, 0.2) is 0 Å². The highest BCUT2D eigenvalue weighted by Gasteiger charge is 2.28. The highest BCUT2D eigenvalue weighted by molar-refractivity contribution is 14.1. The van der Waals surface area contributed by atoms with Crippen molar-refractivity contribution in [2.24, 2.45) is 5.92 Å². The molecule has 1 heterocycles. The fraction of sp³-hybridized carbons (Fsp3) is 1.00. The summed E-state index contributed by atoms with van der Waals surface area (Å²) < 4.78 is 0.711. The van der Waals surface area contributed by atoms with Crippen molar-refractivity contribution in [3.63, 3.8) is 0 Å². The number of hydrogen-bond donors (Lipinski definition) is 0. The summed E-state index contributed by atoms with van der Waals surface area (Å²) >= 11 is 2.52. The van der Waals surface area contributed by atoms with E-state index in [4.69, 9.17) is 0 Å². The Balaban J connectivity index is 2.51. The van der Waals surface area contributed by atoms with Crippen LogP contribution in [-0.2, 0) is 0 Å². The van der Waals surface area contributed by atoms with E-state index in [2.05, 4.69) is 48.3 Å². The van der Waals surface area contributed by atoms with Gasteiger partial charge in [0.1, 0.15) is 0 Å². The van der Waals surface area contributed by atoms with Crippen LogP contribution in [0.25, 0.3) is 0 Å². The maximum absolute atomic E-state index is 2.63. The van der Waals surface area contributed by atoms with Gasteiger partial charge in [0.2, 0.25) is 0 Å². The molecule has 0 bridgehead atoms. The Bertz CT molecular complexity index is 109. The predicted octanol–water partition coefficient (Wildman–Crippen LogP) is 2.89. The number of halogens is 1. The van der Waals surface area contributed by atoms with Gasteiger partial charge >= 0.3 is 0 Å². The van der Waals surface area contributed by atoms with E-state index in [-0.39, 0.29) is 0 Å². The van der Waals surface area contributed by atoms with E-state index in [0.29, 0.717) is 4.05 Å². The smallest absolute Gasteiger partial charge is 0.0592 e. The summed E-state index contributed by atoms with van der Waals surface area (Å²) in [5.74, 6) is 0.828. The molecule has 1 nitrogen and oxygen atoms in total. The summed E-state index contributed by atoms with van der Waals surface area (Å²) in [7, 11) is 0. The molecule has 0 spiro atoms. The molecule has 1 rings (SSSR count). The molecule has 1 fully saturated rings. The molecule has 0 aromatic heterocycles. The molecular formula is C9H18IN. The van der Waals surface area contributed by atoms with Crippen molar-refractivity contribution in [2.75, 3.05) is 6.54 Å². The first-order chi connectivity index (χ1) is 5.13. The fourth-order valence-electron chi connectivity index (χ4n) is 1.97. The van der Waals surface area contributed by atoms with Crippen LogP contribution in [0, 0.1) is 5.92 Å². The topological polar surface area (TPSA) is 3.24 Å². The Kier molecular flexibility index (Phi) is 3.62. The van der Waals surface area contributed by atoms with Gasteiger partial charge in [0.25, 0.3) is 0 Å². The second kappa shape index (κ2) is 4.08. The molecule has 2 heteroatoms. The first kappa shape index (κ1) is 9.78. The number of nitrogens with zero attached hydrogens (tertiary/aromatic N) is 1. The van der Waals surface area contributed by atoms with Gasteiger partial charge in [-0.15, -0.1) is 0 Å². The lowest BCUT2D eigenvalue weighted by Gasteiger charge is -2.29. The van der Waals surface area contributed by atoms with Crippen LogP contribution >= 0.6 is 22.6 Å². The lowest BCUT2D eigenvalue weighted by atomic mass is 10.0. The fourth-order valence-corrected chi connectivity index (χ4v) is 2.66. The molecule has 0 aromatic carbocycles. The zero-order valence-corrected chi connectivity index (χ0v) is 9.84. The van der Waals surface area contributed by atoms with Crippen molar-refractivity contribution in [1.29, 1.82) is 0 Å². The lowest BCUT2D eigenvalue weighted by molar-refractivity contribution is 0.208. The zero-order valence-electron chi connectivity index (χ0n) is 7.68. The van der Waals surface area contributed by atoms with E-state index in [9.17, 15) is 0 Å². The minimum Gasteiger partial charge on any atom is -0.289 e. The minimum absolute atomic E-state index is 0.711. The molecule has 0 saturated carbocycles. The van der Waals surface area contributed by atoms with E-state index in [1.165, 1.54) is 19.4 Å². The van der Waals surface area contributed by atoms with Gasteiger partial charge in [-0.3, -0.25) is 4.90 Å². The average Bonchev–Trinajstić information content (AvgIpc) is 2.32. The van der Waals surface area contributed by atoms with Crippen molar-refractivity contribution >= 4 is 22.6 Å². The van der Waals surface area contributed by atoms with E-state index in [1.54, 1.807) is 0 Å². The molecule has 2 unspecified atom stereocenters. The third-order valence-electron chi connectivity index (χ3n) is 2.57. The molecule has 0 N–H and O–H groups in total. The summed E-state index contributed by atoms with van der Waals surface area (Å²) in [5.41, 5.74) is 0. The third-order valence-corrected chi connectivity index (χ3v) is 3.28. The van der Waals surface area contributed by atoms with Gasteiger partial charge in [-0.25, -0.2) is 0 Å². The van der Waals surface area contributed by atoms with Gasteiger partial charge in [-0.05, 0) is 32.2 Å². The number of alkyl halides is 1. The monoisotopic (exact) mass is 267 g/mol. The van der Waals surface area contributed by atoms with Crippen molar-refractivity contribution < 1.29 is 0 Å². The quantitative estimate of drug-likeness (QED) is 0.422. The predicted molar refractivity (Wildman–Crippen MR) is 58.0 cm³/mol. The van der Waals surface area contributed by atoms with E-state index >= 15 is 0 Å². The Morgan fingerprint density at radius 1 is 1.36 bits per heavy atom. The second-order valence-corrected chi connectivity index (χ2v) is 5.57. The molecule has 0 aromatic rings. The summed E-state index contributed by atoms with van der Waals surface area (Å²) in [5, 5.41) is 0. The van der Waals surface area contributed by atoms with Crippen LogP contribution in [0.2, 0.25) is 0 Å². The standard InChI is InChI=1S/C9H18IN/c1-7(2)9-5-4-6-11(9)8(3)10/h7-9H,4-6H2,1-3H3. The largest absolute Gasteiger partial charge is 0.289 e. The maximum atomic E-state index is 2.63. The molecule has 1 aliphatic heterocycles. The number of likely N-dealkylation sites (tertiary alicyclic amines) is 1. The number of rotatable bonds is 2. The van der Waals surface area contributed by atoms with Crippen LogP contribution in [0.4, 0.5) is 0 Å². The molecule has 0 amide bonds. The van der Waals surface area contributed by atoms with Gasteiger partial charge in [0, 0.05) is 6.04 Å². The van der Waals surface area contributed by atoms with Crippen LogP contribution < -0.4 is 0 Å². The second-order valence-electron chi connectivity index (χ2n) is 3.77. The molecular weight excluding hydrogens is 249 g/mol. The van der Waals surface area contributed by atoms with Gasteiger partial charge in [-0.1, -0.05) is 36.4 Å². The third kappa shape index (κ3) is 2.31. The molecule has 0 radical (unpaired) electrons. The van der Waals surface area contributed by atoms with Crippen molar-refractivity contribution in [3.8, 4) is 0 Å². The highest BCUT2D eigenvalue weighted by atomic mass is 127. The van der Waals surface area contributed by atoms with E-state index in [0.717, 1.165) is 12.0 Å². The van der Waals surface area contributed by atoms with Crippen LogP contribution in [0.1, 0.15) is 33.6 Å². The summed E-state index contributed by atoms with van der Waals surface area (Å²) in [6.07, 6.45) is 2.81. The molecule has 0 aliphatic carbocycles. The zero-order chi connectivity index (χ0) is 8.43. The Morgan fingerprint density at radius 3 is 2.36 bits per heavy atom. The molecule has 1 aliphatic rings. The average molecular weight is 267 g/mol. The van der Waals surface area contributed by atoms with Gasteiger partial charge < -0.3 is 0 Å². The Morgan fingerprint density at radius 2 is 2.00 bits per heavy atom. The van der Waals surface area contributed by atoms with Crippen LogP contribution in [0.5, 0.6) is 0 Å². The molecule has 11 heavy (non-hydrogen) atoms. The minimum atomic E-state index is 0.711. The van der Waals surface area contributed by atoms with Crippen LogP contribution in [-0.4, -0.2) is 21.5 Å². The lowest BCUT2D eigenvalue weighted by Crippen LogP contribution is -2.36.